The number of carbonyl (C=O) groups is 1. The van der Waals surface area contributed by atoms with Gasteiger partial charge in [-0.15, -0.1) is 0 Å². The van der Waals surface area contributed by atoms with Gasteiger partial charge in [-0.3, -0.25) is 0 Å². The highest BCUT2D eigenvalue weighted by Crippen LogP contribution is 2.19. The van der Waals surface area contributed by atoms with Crippen molar-refractivity contribution >= 4 is 27.9 Å². The monoisotopic (exact) mass is 227 g/mol. The Bertz CT molecular complexity index is 286. The largest absolute Gasteiger partial charge is 0.378 e. The van der Waals surface area contributed by atoms with Crippen LogP contribution < -0.4 is 5.32 Å². The fraction of sp³-hybridized carbons (Fsp3) is 0.222. The Morgan fingerprint density at radius 2 is 2.33 bits per heavy atom. The second-order valence-electron chi connectivity index (χ2n) is 2.51. The predicted molar refractivity (Wildman–Crippen MR) is 53.4 cm³/mol. The van der Waals surface area contributed by atoms with Gasteiger partial charge in [0.25, 0.3) is 0 Å². The van der Waals surface area contributed by atoms with Crippen LogP contribution in [0.1, 0.15) is 5.56 Å². The van der Waals surface area contributed by atoms with E-state index >= 15 is 0 Å². The number of hydrogen-bond donors (Lipinski definition) is 1. The van der Waals surface area contributed by atoms with Gasteiger partial charge in [0.2, 0.25) is 0 Å². The summed E-state index contributed by atoms with van der Waals surface area (Å²) < 4.78 is 1.02. The molecular formula is C9H10BrNO. The average Bonchev–Trinajstić information content (AvgIpc) is 2.07. The SMILES string of the molecule is Cc1ccc(Br)cc1NCC=O. The van der Waals surface area contributed by atoms with Gasteiger partial charge in [-0.1, -0.05) is 22.0 Å². The maximum Gasteiger partial charge on any atom is 0.139 e. The van der Waals surface area contributed by atoms with Crippen LogP contribution in [-0.2, 0) is 4.79 Å². The molecule has 64 valence electrons. The summed E-state index contributed by atoms with van der Waals surface area (Å²) in [6, 6.07) is 5.93. The fourth-order valence-corrected chi connectivity index (χ4v) is 1.30. The van der Waals surface area contributed by atoms with Gasteiger partial charge in [0, 0.05) is 10.2 Å². The molecule has 12 heavy (non-hydrogen) atoms. The Morgan fingerprint density at radius 1 is 1.58 bits per heavy atom. The first kappa shape index (κ1) is 9.26. The van der Waals surface area contributed by atoms with Crippen LogP contribution in [0, 0.1) is 6.92 Å². The number of benzene rings is 1. The van der Waals surface area contributed by atoms with Crippen molar-refractivity contribution in [3.05, 3.63) is 28.2 Å². The van der Waals surface area contributed by atoms with E-state index in [4.69, 9.17) is 0 Å². The smallest absolute Gasteiger partial charge is 0.139 e. The van der Waals surface area contributed by atoms with Gasteiger partial charge >= 0.3 is 0 Å². The maximum atomic E-state index is 10.1. The van der Waals surface area contributed by atoms with E-state index in [0.29, 0.717) is 6.54 Å². The summed E-state index contributed by atoms with van der Waals surface area (Å²) in [6.07, 6.45) is 0.848. The molecule has 0 spiro atoms. The first-order chi connectivity index (χ1) is 5.74. The number of aldehydes is 1. The third kappa shape index (κ3) is 2.34. The lowest BCUT2D eigenvalue weighted by Crippen LogP contribution is -2.03. The molecule has 0 saturated carbocycles. The normalized spacial score (nSPS) is 9.50. The van der Waals surface area contributed by atoms with Gasteiger partial charge < -0.3 is 10.1 Å². The van der Waals surface area contributed by atoms with Crippen molar-refractivity contribution in [3.63, 3.8) is 0 Å². The molecule has 1 rings (SSSR count). The van der Waals surface area contributed by atoms with Crippen LogP contribution >= 0.6 is 15.9 Å². The second-order valence-corrected chi connectivity index (χ2v) is 3.42. The number of rotatable bonds is 3. The Morgan fingerprint density at radius 3 is 3.00 bits per heavy atom. The first-order valence-electron chi connectivity index (χ1n) is 3.67. The van der Waals surface area contributed by atoms with Crippen molar-refractivity contribution in [1.82, 2.24) is 0 Å². The van der Waals surface area contributed by atoms with Crippen molar-refractivity contribution in [1.29, 1.82) is 0 Å². The number of aryl methyl sites for hydroxylation is 1. The molecule has 0 fully saturated rings. The van der Waals surface area contributed by atoms with E-state index in [2.05, 4.69) is 21.2 Å². The second kappa shape index (κ2) is 4.26. The van der Waals surface area contributed by atoms with Crippen LogP contribution in [0.3, 0.4) is 0 Å². The lowest BCUT2D eigenvalue weighted by atomic mass is 10.2. The summed E-state index contributed by atoms with van der Waals surface area (Å²) >= 11 is 3.36. The van der Waals surface area contributed by atoms with Crippen LogP contribution in [0.25, 0.3) is 0 Å². The molecule has 1 aromatic rings. The Labute approximate surface area is 80.1 Å². The van der Waals surface area contributed by atoms with Crippen LogP contribution in [0.5, 0.6) is 0 Å². The summed E-state index contributed by atoms with van der Waals surface area (Å²) in [7, 11) is 0. The molecule has 0 unspecified atom stereocenters. The van der Waals surface area contributed by atoms with Gasteiger partial charge in [-0.05, 0) is 24.6 Å². The lowest BCUT2D eigenvalue weighted by molar-refractivity contribution is -0.106. The lowest BCUT2D eigenvalue weighted by Gasteiger charge is -2.06. The Kier molecular flexibility index (Phi) is 3.29. The zero-order chi connectivity index (χ0) is 8.97. The minimum Gasteiger partial charge on any atom is -0.378 e. The molecule has 0 aliphatic carbocycles. The molecule has 0 aromatic heterocycles. The van der Waals surface area contributed by atoms with Crippen molar-refractivity contribution in [2.45, 2.75) is 6.92 Å². The summed E-state index contributed by atoms with van der Waals surface area (Å²) in [4.78, 5) is 10.1. The molecule has 0 aliphatic rings. The molecule has 1 aromatic carbocycles. The minimum absolute atomic E-state index is 0.358. The molecule has 1 N–H and O–H groups in total. The average molecular weight is 228 g/mol. The number of halogens is 1. The molecule has 3 heteroatoms. The molecule has 0 bridgehead atoms. The van der Waals surface area contributed by atoms with Crippen molar-refractivity contribution in [2.24, 2.45) is 0 Å². The molecule has 0 aliphatic heterocycles. The number of hydrogen-bond acceptors (Lipinski definition) is 2. The van der Waals surface area contributed by atoms with Crippen LogP contribution in [0.15, 0.2) is 22.7 Å². The van der Waals surface area contributed by atoms with Crippen molar-refractivity contribution in [2.75, 3.05) is 11.9 Å². The first-order valence-corrected chi connectivity index (χ1v) is 4.47. The highest BCUT2D eigenvalue weighted by Gasteiger charge is 1.96. The number of nitrogens with one attached hydrogen (secondary N) is 1. The molecule has 2 nitrogen and oxygen atoms in total. The van der Waals surface area contributed by atoms with E-state index in [0.717, 1.165) is 22.0 Å². The van der Waals surface area contributed by atoms with E-state index in [1.54, 1.807) is 0 Å². The van der Waals surface area contributed by atoms with E-state index in [-0.39, 0.29) is 0 Å². The summed E-state index contributed by atoms with van der Waals surface area (Å²) in [6.45, 7) is 2.36. The van der Waals surface area contributed by atoms with E-state index in [9.17, 15) is 4.79 Å². The van der Waals surface area contributed by atoms with Crippen LogP contribution in [-0.4, -0.2) is 12.8 Å². The highest BCUT2D eigenvalue weighted by atomic mass is 79.9. The van der Waals surface area contributed by atoms with Gasteiger partial charge in [-0.25, -0.2) is 0 Å². The van der Waals surface area contributed by atoms with E-state index < -0.39 is 0 Å². The number of carbonyl (C=O) groups excluding carboxylic acids is 1. The predicted octanol–water partition coefficient (Wildman–Crippen LogP) is 2.37. The maximum absolute atomic E-state index is 10.1. The zero-order valence-electron chi connectivity index (χ0n) is 6.80. The van der Waals surface area contributed by atoms with Crippen molar-refractivity contribution in [3.8, 4) is 0 Å². The Balaban J connectivity index is 2.82. The molecule has 0 heterocycles. The molecule has 0 saturated heterocycles. The molecular weight excluding hydrogens is 218 g/mol. The highest BCUT2D eigenvalue weighted by molar-refractivity contribution is 9.10. The summed E-state index contributed by atoms with van der Waals surface area (Å²) in [5.41, 5.74) is 2.14. The molecule has 0 atom stereocenters. The Hall–Kier alpha value is -0.830. The standard InChI is InChI=1S/C9H10BrNO/c1-7-2-3-8(10)6-9(7)11-4-5-12/h2-3,5-6,11H,4H2,1H3. The number of anilines is 1. The van der Waals surface area contributed by atoms with Crippen LogP contribution in [0.2, 0.25) is 0 Å². The van der Waals surface area contributed by atoms with Gasteiger partial charge in [0.05, 0.1) is 6.54 Å². The quantitative estimate of drug-likeness (QED) is 0.804. The third-order valence-corrected chi connectivity index (χ3v) is 2.07. The zero-order valence-corrected chi connectivity index (χ0v) is 8.39. The topological polar surface area (TPSA) is 29.1 Å². The summed E-state index contributed by atoms with van der Waals surface area (Å²) in [5.74, 6) is 0. The summed E-state index contributed by atoms with van der Waals surface area (Å²) in [5, 5.41) is 3.01. The van der Waals surface area contributed by atoms with E-state index in [1.807, 2.05) is 25.1 Å². The van der Waals surface area contributed by atoms with Gasteiger partial charge in [0.1, 0.15) is 6.29 Å². The van der Waals surface area contributed by atoms with Crippen molar-refractivity contribution < 1.29 is 4.79 Å². The van der Waals surface area contributed by atoms with Gasteiger partial charge in [0.15, 0.2) is 0 Å². The third-order valence-electron chi connectivity index (χ3n) is 1.58. The minimum atomic E-state index is 0.358. The van der Waals surface area contributed by atoms with Crippen LogP contribution in [0.4, 0.5) is 5.69 Å². The molecule has 0 amide bonds. The van der Waals surface area contributed by atoms with E-state index in [1.165, 1.54) is 0 Å². The fourth-order valence-electron chi connectivity index (χ4n) is 0.936. The van der Waals surface area contributed by atoms with Gasteiger partial charge in [-0.2, -0.15) is 0 Å². The molecule has 0 radical (unpaired) electrons.